The van der Waals surface area contributed by atoms with Gasteiger partial charge < -0.3 is 20.1 Å². The topological polar surface area (TPSA) is 71.0 Å². The number of hydrogen-bond acceptors (Lipinski definition) is 5. The van der Waals surface area contributed by atoms with Crippen LogP contribution in [0.15, 0.2) is 23.3 Å². The number of morpholine rings is 1. The average molecular weight is 519 g/mol. The molecule has 1 aromatic rings. The number of ether oxygens (including phenoxy) is 2. The Morgan fingerprint density at radius 2 is 2.17 bits per heavy atom. The second-order valence-corrected chi connectivity index (χ2v) is 7.58. The second-order valence-electron chi connectivity index (χ2n) is 7.58. The third kappa shape index (κ3) is 10.5. The van der Waals surface area contributed by atoms with Crippen LogP contribution < -0.4 is 15.4 Å². The van der Waals surface area contributed by atoms with Crippen LogP contribution in [-0.2, 0) is 11.3 Å². The summed E-state index contributed by atoms with van der Waals surface area (Å²) in [6.45, 7) is 15.4. The Hall–Kier alpha value is -1.13. The summed E-state index contributed by atoms with van der Waals surface area (Å²) in [5, 5.41) is 6.72. The van der Waals surface area contributed by atoms with Gasteiger partial charge >= 0.3 is 0 Å². The molecule has 166 valence electrons. The minimum Gasteiger partial charge on any atom is -0.478 e. The van der Waals surface area contributed by atoms with Gasteiger partial charge in [-0.25, -0.2) is 9.98 Å². The lowest BCUT2D eigenvalue weighted by atomic mass is 10.2. The molecule has 0 amide bonds. The molecule has 1 aliphatic rings. The molecule has 0 aromatic carbocycles. The molecule has 1 saturated heterocycles. The predicted octanol–water partition coefficient (Wildman–Crippen LogP) is 2.90. The highest BCUT2D eigenvalue weighted by atomic mass is 127. The molecule has 7 nitrogen and oxygen atoms in total. The smallest absolute Gasteiger partial charge is 0.213 e. The van der Waals surface area contributed by atoms with Crippen LogP contribution in [0.3, 0.4) is 0 Å². The van der Waals surface area contributed by atoms with Crippen LogP contribution in [0.4, 0.5) is 0 Å². The maximum absolute atomic E-state index is 5.92. The van der Waals surface area contributed by atoms with E-state index < -0.39 is 0 Å². The lowest BCUT2D eigenvalue weighted by Gasteiger charge is -2.34. The van der Waals surface area contributed by atoms with Crippen LogP contribution in [0.25, 0.3) is 0 Å². The quantitative estimate of drug-likeness (QED) is 0.282. The minimum atomic E-state index is 0. The Labute approximate surface area is 193 Å². The van der Waals surface area contributed by atoms with Crippen molar-refractivity contribution in [3.8, 4) is 5.88 Å². The molecule has 1 unspecified atom stereocenters. The van der Waals surface area contributed by atoms with E-state index in [1.165, 1.54) is 0 Å². The van der Waals surface area contributed by atoms with Crippen LogP contribution in [0.2, 0.25) is 0 Å². The molecule has 2 N–H and O–H groups in total. The first-order valence-corrected chi connectivity index (χ1v) is 10.5. The van der Waals surface area contributed by atoms with Gasteiger partial charge in [-0.3, -0.25) is 4.90 Å². The molecule has 1 aliphatic heterocycles. The Bertz CT molecular complexity index is 583. The number of nitrogens with zero attached hydrogens (tertiary/aromatic N) is 3. The second kappa shape index (κ2) is 14.8. The summed E-state index contributed by atoms with van der Waals surface area (Å²) in [6, 6.07) is 3.92. The number of aromatic nitrogens is 1. The molecular weight excluding hydrogens is 481 g/mol. The Balaban J connectivity index is 0.00000420. The number of pyridine rings is 1. The van der Waals surface area contributed by atoms with Gasteiger partial charge in [0.25, 0.3) is 0 Å². The van der Waals surface area contributed by atoms with Crippen LogP contribution in [0.1, 0.15) is 39.7 Å². The van der Waals surface area contributed by atoms with Crippen LogP contribution >= 0.6 is 24.0 Å². The number of nitrogens with one attached hydrogen (secondary N) is 2. The molecule has 8 heteroatoms. The molecule has 0 saturated carbocycles. The zero-order valence-electron chi connectivity index (χ0n) is 18.3. The van der Waals surface area contributed by atoms with E-state index in [0.29, 0.717) is 24.9 Å². The highest BCUT2D eigenvalue weighted by molar-refractivity contribution is 14.0. The van der Waals surface area contributed by atoms with Crippen molar-refractivity contribution >= 4 is 29.9 Å². The maximum Gasteiger partial charge on any atom is 0.213 e. The zero-order valence-corrected chi connectivity index (χ0v) is 20.6. The van der Waals surface area contributed by atoms with E-state index in [-0.39, 0.29) is 30.1 Å². The van der Waals surface area contributed by atoms with Gasteiger partial charge in [-0.15, -0.1) is 24.0 Å². The lowest BCUT2D eigenvalue weighted by molar-refractivity contribution is -0.0284. The first-order valence-electron chi connectivity index (χ1n) is 10.5. The summed E-state index contributed by atoms with van der Waals surface area (Å²) in [4.78, 5) is 11.5. The zero-order chi connectivity index (χ0) is 20.2. The lowest BCUT2D eigenvalue weighted by Crippen LogP contribution is -2.50. The van der Waals surface area contributed by atoms with Crippen LogP contribution in [0.5, 0.6) is 5.88 Å². The van der Waals surface area contributed by atoms with E-state index in [1.54, 1.807) is 0 Å². The fraction of sp³-hybridized carbons (Fsp3) is 0.714. The van der Waals surface area contributed by atoms with Crippen molar-refractivity contribution in [3.63, 3.8) is 0 Å². The highest BCUT2D eigenvalue weighted by Crippen LogP contribution is 2.09. The fourth-order valence-electron chi connectivity index (χ4n) is 3.11. The first kappa shape index (κ1) is 25.9. The summed E-state index contributed by atoms with van der Waals surface area (Å²) in [7, 11) is 0. The predicted molar refractivity (Wildman–Crippen MR) is 129 cm³/mol. The van der Waals surface area contributed by atoms with E-state index in [4.69, 9.17) is 9.47 Å². The van der Waals surface area contributed by atoms with Gasteiger partial charge in [-0.1, -0.05) is 26.8 Å². The molecule has 0 bridgehead atoms. The summed E-state index contributed by atoms with van der Waals surface area (Å²) in [5.41, 5.74) is 1.05. The largest absolute Gasteiger partial charge is 0.478 e. The van der Waals surface area contributed by atoms with Crippen LogP contribution in [0, 0.1) is 5.92 Å². The molecule has 0 aliphatic carbocycles. The molecular formula is C21H38IN5O2. The summed E-state index contributed by atoms with van der Waals surface area (Å²) in [6.07, 6.45) is 2.99. The Morgan fingerprint density at radius 1 is 1.34 bits per heavy atom. The van der Waals surface area contributed by atoms with Gasteiger partial charge in [0.1, 0.15) is 0 Å². The summed E-state index contributed by atoms with van der Waals surface area (Å²) in [5.74, 6) is 2.15. The summed E-state index contributed by atoms with van der Waals surface area (Å²) < 4.78 is 11.4. The van der Waals surface area contributed by atoms with Gasteiger partial charge in [0, 0.05) is 45.0 Å². The van der Waals surface area contributed by atoms with E-state index in [2.05, 4.69) is 53.2 Å². The molecule has 29 heavy (non-hydrogen) atoms. The molecule has 0 spiro atoms. The van der Waals surface area contributed by atoms with Crippen molar-refractivity contribution in [1.82, 2.24) is 20.5 Å². The maximum atomic E-state index is 5.92. The third-order valence-electron chi connectivity index (χ3n) is 4.36. The SMILES string of the molecule is CCCOc1ccc(CN=C(NCC)NCC2CN(CC(C)C)CCO2)cn1.I. The van der Waals surface area contributed by atoms with E-state index in [9.17, 15) is 0 Å². The van der Waals surface area contributed by atoms with Gasteiger partial charge in [0.15, 0.2) is 5.96 Å². The standard InChI is InChI=1S/C21H37N5O2.HI/c1-5-10-28-20-8-7-18(12-23-20)13-24-21(22-6-2)25-14-19-16-26(9-11-27-19)15-17(3)4;/h7-8,12,17,19H,5-6,9-11,13-16H2,1-4H3,(H2,22,24,25);1H. The number of rotatable bonds is 10. The third-order valence-corrected chi connectivity index (χ3v) is 4.36. The molecule has 1 fully saturated rings. The number of aliphatic imine (C=N–C) groups is 1. The summed E-state index contributed by atoms with van der Waals surface area (Å²) >= 11 is 0. The van der Waals surface area contributed by atoms with Crippen molar-refractivity contribution in [2.24, 2.45) is 10.9 Å². The van der Waals surface area contributed by atoms with Gasteiger partial charge in [-0.2, -0.15) is 0 Å². The van der Waals surface area contributed by atoms with Gasteiger partial charge in [-0.05, 0) is 24.8 Å². The number of halogens is 1. The number of guanidine groups is 1. The monoisotopic (exact) mass is 519 g/mol. The molecule has 2 rings (SSSR count). The van der Waals surface area contributed by atoms with E-state index in [0.717, 1.165) is 57.3 Å². The minimum absolute atomic E-state index is 0. The van der Waals surface area contributed by atoms with Crippen molar-refractivity contribution in [1.29, 1.82) is 0 Å². The Kier molecular flexibility index (Phi) is 13.2. The molecule has 0 radical (unpaired) electrons. The molecule has 2 heterocycles. The molecule has 1 atom stereocenters. The fourth-order valence-corrected chi connectivity index (χ4v) is 3.11. The number of hydrogen-bond donors (Lipinski definition) is 2. The van der Waals surface area contributed by atoms with Crippen LogP contribution in [-0.4, -0.2) is 67.9 Å². The van der Waals surface area contributed by atoms with E-state index in [1.807, 2.05) is 18.3 Å². The van der Waals surface area contributed by atoms with Crippen molar-refractivity contribution in [2.75, 3.05) is 45.9 Å². The van der Waals surface area contributed by atoms with E-state index >= 15 is 0 Å². The van der Waals surface area contributed by atoms with Crippen molar-refractivity contribution in [2.45, 2.75) is 46.8 Å². The van der Waals surface area contributed by atoms with Gasteiger partial charge in [0.2, 0.25) is 5.88 Å². The van der Waals surface area contributed by atoms with Gasteiger partial charge in [0.05, 0.1) is 25.9 Å². The Morgan fingerprint density at radius 3 is 2.83 bits per heavy atom. The first-order chi connectivity index (χ1) is 13.6. The average Bonchev–Trinajstić information content (AvgIpc) is 2.69. The molecule has 1 aromatic heterocycles. The normalized spacial score (nSPS) is 17.7. The van der Waals surface area contributed by atoms with Crippen molar-refractivity contribution < 1.29 is 9.47 Å². The highest BCUT2D eigenvalue weighted by Gasteiger charge is 2.21. The van der Waals surface area contributed by atoms with Crippen molar-refractivity contribution in [3.05, 3.63) is 23.9 Å².